The van der Waals surface area contributed by atoms with E-state index in [-0.39, 0.29) is 17.8 Å². The van der Waals surface area contributed by atoms with Gasteiger partial charge in [-0.3, -0.25) is 9.59 Å². The predicted octanol–water partition coefficient (Wildman–Crippen LogP) is 2.06. The molecule has 118 valence electrons. The van der Waals surface area contributed by atoms with Crippen LogP contribution in [0.5, 0.6) is 0 Å². The molecule has 8 heteroatoms. The molecule has 0 aliphatic rings. The van der Waals surface area contributed by atoms with E-state index in [1.807, 2.05) is 6.07 Å². The van der Waals surface area contributed by atoms with Crippen molar-refractivity contribution >= 4 is 40.4 Å². The molecule has 0 aliphatic heterocycles. The maximum absolute atomic E-state index is 11.8. The van der Waals surface area contributed by atoms with Gasteiger partial charge >= 0.3 is 11.8 Å². The van der Waals surface area contributed by atoms with Crippen molar-refractivity contribution in [2.45, 2.75) is 6.10 Å². The lowest BCUT2D eigenvalue weighted by Crippen LogP contribution is -2.37. The molecule has 2 amide bonds. The SMILES string of the molecule is N#Cc1ccc(Cl)cc1NC(=O)C(=O)NCC(O)c1ccsc1. The Morgan fingerprint density at radius 1 is 1.35 bits per heavy atom. The molecule has 0 fully saturated rings. The summed E-state index contributed by atoms with van der Waals surface area (Å²) in [6, 6.07) is 7.95. The van der Waals surface area contributed by atoms with Gasteiger partial charge in [0.1, 0.15) is 6.07 Å². The topological polar surface area (TPSA) is 102 Å². The molecule has 2 rings (SSSR count). The second kappa shape index (κ2) is 7.74. The van der Waals surface area contributed by atoms with Gasteiger partial charge in [-0.25, -0.2) is 0 Å². The van der Waals surface area contributed by atoms with Crippen LogP contribution >= 0.6 is 22.9 Å². The van der Waals surface area contributed by atoms with Crippen molar-refractivity contribution < 1.29 is 14.7 Å². The first-order valence-electron chi connectivity index (χ1n) is 6.50. The van der Waals surface area contributed by atoms with Crippen LogP contribution < -0.4 is 10.6 Å². The number of carbonyl (C=O) groups excluding carboxylic acids is 2. The van der Waals surface area contributed by atoms with Crippen LogP contribution in [-0.2, 0) is 9.59 Å². The number of halogens is 1. The van der Waals surface area contributed by atoms with Crippen molar-refractivity contribution in [3.05, 3.63) is 51.2 Å². The van der Waals surface area contributed by atoms with Crippen LogP contribution in [0.25, 0.3) is 0 Å². The lowest BCUT2D eigenvalue weighted by atomic mass is 10.2. The maximum atomic E-state index is 11.8. The van der Waals surface area contributed by atoms with Crippen LogP contribution in [0.1, 0.15) is 17.2 Å². The lowest BCUT2D eigenvalue weighted by molar-refractivity contribution is -0.136. The summed E-state index contributed by atoms with van der Waals surface area (Å²) in [5.74, 6) is -1.86. The standard InChI is InChI=1S/C15H12ClN3O3S/c16-11-2-1-9(6-17)12(5-11)19-15(22)14(21)18-7-13(20)10-3-4-23-8-10/h1-5,8,13,20H,7H2,(H,18,21)(H,19,22). The van der Waals surface area contributed by atoms with Gasteiger partial charge in [-0.2, -0.15) is 16.6 Å². The second-order valence-corrected chi connectivity index (χ2v) is 5.75. The molecule has 1 unspecified atom stereocenters. The summed E-state index contributed by atoms with van der Waals surface area (Å²) in [5.41, 5.74) is 1.00. The molecular weight excluding hydrogens is 338 g/mol. The molecule has 0 aliphatic carbocycles. The summed E-state index contributed by atoms with van der Waals surface area (Å²) in [5, 5.41) is 27.3. The number of nitrogens with zero attached hydrogens (tertiary/aromatic N) is 1. The fraction of sp³-hybridized carbons (Fsp3) is 0.133. The number of aliphatic hydroxyl groups is 1. The minimum absolute atomic E-state index is 0.0936. The van der Waals surface area contributed by atoms with Crippen LogP contribution in [-0.4, -0.2) is 23.5 Å². The van der Waals surface area contributed by atoms with E-state index in [4.69, 9.17) is 16.9 Å². The quantitative estimate of drug-likeness (QED) is 0.735. The number of hydrogen-bond donors (Lipinski definition) is 3. The minimum atomic E-state index is -0.943. The third-order valence-corrected chi connectivity index (χ3v) is 3.88. The average Bonchev–Trinajstić information content (AvgIpc) is 3.07. The fourth-order valence-electron chi connectivity index (χ4n) is 1.75. The van der Waals surface area contributed by atoms with Gasteiger partial charge in [0.25, 0.3) is 0 Å². The van der Waals surface area contributed by atoms with Crippen molar-refractivity contribution in [2.24, 2.45) is 0 Å². The number of amides is 2. The Balaban J connectivity index is 1.94. The molecule has 1 aromatic carbocycles. The minimum Gasteiger partial charge on any atom is -0.387 e. The van der Waals surface area contributed by atoms with Gasteiger partial charge in [-0.05, 0) is 40.6 Å². The average molecular weight is 350 g/mol. The van der Waals surface area contributed by atoms with E-state index in [9.17, 15) is 14.7 Å². The summed E-state index contributed by atoms with van der Waals surface area (Å²) >= 11 is 7.22. The summed E-state index contributed by atoms with van der Waals surface area (Å²) in [6.07, 6.45) is -0.890. The molecule has 1 aromatic heterocycles. The highest BCUT2D eigenvalue weighted by Crippen LogP contribution is 2.20. The Morgan fingerprint density at radius 2 is 2.13 bits per heavy atom. The fourth-order valence-corrected chi connectivity index (χ4v) is 2.63. The first-order valence-corrected chi connectivity index (χ1v) is 7.82. The summed E-state index contributed by atoms with van der Waals surface area (Å²) in [4.78, 5) is 23.6. The zero-order valence-corrected chi connectivity index (χ0v) is 13.3. The number of aliphatic hydroxyl groups excluding tert-OH is 1. The molecule has 2 aromatic rings. The number of carbonyl (C=O) groups is 2. The van der Waals surface area contributed by atoms with Crippen molar-refractivity contribution in [1.29, 1.82) is 5.26 Å². The van der Waals surface area contributed by atoms with Crippen LogP contribution in [0, 0.1) is 11.3 Å². The number of nitriles is 1. The predicted molar refractivity (Wildman–Crippen MR) is 87.1 cm³/mol. The number of nitrogens with one attached hydrogen (secondary N) is 2. The van der Waals surface area contributed by atoms with E-state index >= 15 is 0 Å². The molecule has 1 atom stereocenters. The van der Waals surface area contributed by atoms with E-state index in [0.717, 1.165) is 0 Å². The molecule has 23 heavy (non-hydrogen) atoms. The first kappa shape index (κ1) is 17.0. The maximum Gasteiger partial charge on any atom is 0.313 e. The van der Waals surface area contributed by atoms with Crippen LogP contribution in [0.15, 0.2) is 35.0 Å². The van der Waals surface area contributed by atoms with Crippen molar-refractivity contribution in [2.75, 3.05) is 11.9 Å². The largest absolute Gasteiger partial charge is 0.387 e. The van der Waals surface area contributed by atoms with E-state index in [2.05, 4.69) is 10.6 Å². The van der Waals surface area contributed by atoms with Crippen molar-refractivity contribution in [1.82, 2.24) is 5.32 Å². The molecular formula is C15H12ClN3O3S. The summed E-state index contributed by atoms with van der Waals surface area (Å²) < 4.78 is 0. The van der Waals surface area contributed by atoms with Crippen LogP contribution in [0.3, 0.4) is 0 Å². The van der Waals surface area contributed by atoms with Gasteiger partial charge in [-0.1, -0.05) is 11.6 Å². The van der Waals surface area contributed by atoms with Gasteiger partial charge in [0.15, 0.2) is 0 Å². The monoisotopic (exact) mass is 349 g/mol. The molecule has 6 nitrogen and oxygen atoms in total. The van der Waals surface area contributed by atoms with E-state index in [0.29, 0.717) is 10.6 Å². The number of anilines is 1. The number of hydrogen-bond acceptors (Lipinski definition) is 5. The first-order chi connectivity index (χ1) is 11.0. The Kier molecular flexibility index (Phi) is 5.71. The molecule has 0 saturated heterocycles. The van der Waals surface area contributed by atoms with Crippen LogP contribution in [0.2, 0.25) is 5.02 Å². The van der Waals surface area contributed by atoms with Gasteiger partial charge in [0.2, 0.25) is 0 Å². The highest BCUT2D eigenvalue weighted by Gasteiger charge is 2.17. The van der Waals surface area contributed by atoms with Gasteiger partial charge < -0.3 is 15.7 Å². The van der Waals surface area contributed by atoms with Crippen LogP contribution in [0.4, 0.5) is 5.69 Å². The van der Waals surface area contributed by atoms with Gasteiger partial charge in [-0.15, -0.1) is 0 Å². The zero-order valence-electron chi connectivity index (χ0n) is 11.7. The number of thiophene rings is 1. The highest BCUT2D eigenvalue weighted by molar-refractivity contribution is 7.07. The van der Waals surface area contributed by atoms with Crippen molar-refractivity contribution in [3.63, 3.8) is 0 Å². The van der Waals surface area contributed by atoms with Crippen molar-refractivity contribution in [3.8, 4) is 6.07 Å². The van der Waals surface area contributed by atoms with E-state index < -0.39 is 17.9 Å². The lowest BCUT2D eigenvalue weighted by Gasteiger charge is -2.11. The van der Waals surface area contributed by atoms with Gasteiger partial charge in [0.05, 0.1) is 17.4 Å². The Labute approximate surface area is 141 Å². The third kappa shape index (κ3) is 4.53. The molecule has 3 N–H and O–H groups in total. The number of rotatable bonds is 4. The molecule has 0 spiro atoms. The third-order valence-electron chi connectivity index (χ3n) is 2.94. The normalized spacial score (nSPS) is 11.3. The van der Waals surface area contributed by atoms with Gasteiger partial charge in [0, 0.05) is 11.6 Å². The second-order valence-electron chi connectivity index (χ2n) is 4.54. The number of benzene rings is 1. The molecule has 0 radical (unpaired) electrons. The Morgan fingerprint density at radius 3 is 2.78 bits per heavy atom. The van der Waals surface area contributed by atoms with E-state index in [1.165, 1.54) is 29.5 Å². The molecule has 0 bridgehead atoms. The summed E-state index contributed by atoms with van der Waals surface area (Å²) in [7, 11) is 0. The van der Waals surface area contributed by atoms with E-state index in [1.54, 1.807) is 16.8 Å². The molecule has 1 heterocycles. The Hall–Kier alpha value is -2.40. The smallest absolute Gasteiger partial charge is 0.313 e. The summed E-state index contributed by atoms with van der Waals surface area (Å²) in [6.45, 7) is -0.0936. The Bertz CT molecular complexity index is 756. The highest BCUT2D eigenvalue weighted by atomic mass is 35.5. The zero-order chi connectivity index (χ0) is 16.8. The molecule has 0 saturated carbocycles.